The van der Waals surface area contributed by atoms with Crippen LogP contribution in [0.15, 0.2) is 36.5 Å². The average Bonchev–Trinajstić information content (AvgIpc) is 3.23. The molecule has 134 valence electrons. The lowest BCUT2D eigenvalue weighted by molar-refractivity contribution is -0.117. The van der Waals surface area contributed by atoms with Gasteiger partial charge in [-0.05, 0) is 43.7 Å². The molecule has 6 heteroatoms. The number of hydrogen-bond donors (Lipinski definition) is 1. The van der Waals surface area contributed by atoms with Gasteiger partial charge in [0.05, 0.1) is 32.5 Å². The minimum Gasteiger partial charge on any atom is -0.497 e. The molecule has 1 aromatic heterocycles. The zero-order valence-electron chi connectivity index (χ0n) is 15.0. The summed E-state index contributed by atoms with van der Waals surface area (Å²) in [6.07, 6.45) is 4.24. The number of ether oxygens (including phenoxy) is 2. The highest BCUT2D eigenvalue weighted by molar-refractivity contribution is 5.93. The number of rotatable bonds is 6. The van der Waals surface area contributed by atoms with Crippen molar-refractivity contribution < 1.29 is 14.3 Å². The first-order valence-electron chi connectivity index (χ1n) is 8.49. The lowest BCUT2D eigenvalue weighted by Gasteiger charge is -2.24. The molecule has 0 saturated carbocycles. The predicted molar refractivity (Wildman–Crippen MR) is 97.1 cm³/mol. The topological polar surface area (TPSA) is 55.7 Å². The van der Waals surface area contributed by atoms with Crippen LogP contribution in [0.5, 0.6) is 11.5 Å². The van der Waals surface area contributed by atoms with E-state index >= 15 is 0 Å². The quantitative estimate of drug-likeness (QED) is 0.876. The third-order valence-electron chi connectivity index (χ3n) is 4.72. The summed E-state index contributed by atoms with van der Waals surface area (Å²) in [6.45, 7) is 1.30. The van der Waals surface area contributed by atoms with Gasteiger partial charge in [0.1, 0.15) is 11.5 Å². The summed E-state index contributed by atoms with van der Waals surface area (Å²) in [4.78, 5) is 14.8. The second-order valence-electron chi connectivity index (χ2n) is 6.29. The van der Waals surface area contributed by atoms with E-state index in [2.05, 4.69) is 20.9 Å². The molecule has 0 radical (unpaired) electrons. The van der Waals surface area contributed by atoms with Gasteiger partial charge >= 0.3 is 0 Å². The van der Waals surface area contributed by atoms with Gasteiger partial charge in [0, 0.05) is 25.0 Å². The third-order valence-corrected chi connectivity index (χ3v) is 4.72. The van der Waals surface area contributed by atoms with Gasteiger partial charge in [-0.1, -0.05) is 0 Å². The molecule has 2 heterocycles. The number of nitrogens with zero attached hydrogens (tertiary/aromatic N) is 2. The fraction of sp³-hybridized carbons (Fsp3) is 0.421. The van der Waals surface area contributed by atoms with Crippen LogP contribution in [-0.2, 0) is 11.8 Å². The van der Waals surface area contributed by atoms with Crippen LogP contribution in [0.25, 0.3) is 0 Å². The highest BCUT2D eigenvalue weighted by Gasteiger charge is 2.29. The maximum absolute atomic E-state index is 12.5. The summed E-state index contributed by atoms with van der Waals surface area (Å²) in [7, 11) is 5.23. The van der Waals surface area contributed by atoms with Crippen molar-refractivity contribution in [3.8, 4) is 11.5 Å². The highest BCUT2D eigenvalue weighted by Crippen LogP contribution is 2.32. The van der Waals surface area contributed by atoms with Crippen molar-refractivity contribution in [2.45, 2.75) is 18.9 Å². The van der Waals surface area contributed by atoms with Crippen molar-refractivity contribution in [3.63, 3.8) is 0 Å². The molecular formula is C19H25N3O3. The molecule has 1 atom stereocenters. The Labute approximate surface area is 148 Å². The summed E-state index contributed by atoms with van der Waals surface area (Å²) >= 11 is 0. The van der Waals surface area contributed by atoms with Crippen molar-refractivity contribution >= 4 is 11.6 Å². The van der Waals surface area contributed by atoms with Crippen LogP contribution in [0.2, 0.25) is 0 Å². The lowest BCUT2D eigenvalue weighted by Crippen LogP contribution is -2.33. The van der Waals surface area contributed by atoms with Gasteiger partial charge in [0.15, 0.2) is 0 Å². The molecule has 0 spiro atoms. The van der Waals surface area contributed by atoms with E-state index in [-0.39, 0.29) is 5.91 Å². The Morgan fingerprint density at radius 1 is 1.28 bits per heavy atom. The molecule has 25 heavy (non-hydrogen) atoms. The Hall–Kier alpha value is -2.47. The van der Waals surface area contributed by atoms with E-state index in [1.165, 1.54) is 5.69 Å². The number of anilines is 1. The van der Waals surface area contributed by atoms with E-state index in [9.17, 15) is 4.79 Å². The Balaban J connectivity index is 1.67. The molecule has 1 amide bonds. The minimum atomic E-state index is -0.0374. The number of amides is 1. The minimum absolute atomic E-state index is 0.0374. The van der Waals surface area contributed by atoms with Gasteiger partial charge in [-0.25, -0.2) is 0 Å². The number of carbonyl (C=O) groups excluding carboxylic acids is 1. The predicted octanol–water partition coefficient (Wildman–Crippen LogP) is 2.82. The van der Waals surface area contributed by atoms with Gasteiger partial charge in [-0.3, -0.25) is 9.69 Å². The normalized spacial score (nSPS) is 17.5. The van der Waals surface area contributed by atoms with Crippen molar-refractivity contribution in [1.82, 2.24) is 9.47 Å². The van der Waals surface area contributed by atoms with Gasteiger partial charge < -0.3 is 19.4 Å². The standard InChI is InChI=1S/C19H25N3O3/c1-21-10-4-6-16(21)17-7-5-11-22(17)13-19(23)20-15-9-8-14(24-2)12-18(15)25-3/h4,6,8-10,12,17H,5,7,11,13H2,1-3H3,(H,20,23)/t17-/m0/s1. The van der Waals surface area contributed by atoms with E-state index in [0.29, 0.717) is 29.8 Å². The Morgan fingerprint density at radius 2 is 2.12 bits per heavy atom. The second-order valence-corrected chi connectivity index (χ2v) is 6.29. The van der Waals surface area contributed by atoms with E-state index in [1.54, 1.807) is 32.4 Å². The van der Waals surface area contributed by atoms with Crippen LogP contribution >= 0.6 is 0 Å². The maximum atomic E-state index is 12.5. The number of carbonyl (C=O) groups is 1. The number of benzene rings is 1. The monoisotopic (exact) mass is 343 g/mol. The smallest absolute Gasteiger partial charge is 0.238 e. The van der Waals surface area contributed by atoms with Gasteiger partial charge in [0.25, 0.3) is 0 Å². The van der Waals surface area contributed by atoms with Crippen LogP contribution in [0.4, 0.5) is 5.69 Å². The van der Waals surface area contributed by atoms with E-state index in [4.69, 9.17) is 9.47 Å². The van der Waals surface area contributed by atoms with E-state index in [0.717, 1.165) is 19.4 Å². The van der Waals surface area contributed by atoms with Gasteiger partial charge in [0.2, 0.25) is 5.91 Å². The molecule has 3 rings (SSSR count). The fourth-order valence-electron chi connectivity index (χ4n) is 3.45. The molecule has 1 aliphatic heterocycles. The Kier molecular flexibility index (Phi) is 5.28. The summed E-state index contributed by atoms with van der Waals surface area (Å²) in [5.74, 6) is 1.25. The van der Waals surface area contributed by atoms with Crippen molar-refractivity contribution in [1.29, 1.82) is 0 Å². The van der Waals surface area contributed by atoms with Gasteiger partial charge in [-0.15, -0.1) is 0 Å². The molecule has 0 aliphatic carbocycles. The number of aromatic nitrogens is 1. The number of likely N-dealkylation sites (tertiary alicyclic amines) is 1. The van der Waals surface area contributed by atoms with E-state index in [1.807, 2.05) is 19.3 Å². The van der Waals surface area contributed by atoms with Crippen LogP contribution in [0.1, 0.15) is 24.6 Å². The molecule has 1 aliphatic rings. The molecule has 1 saturated heterocycles. The molecule has 6 nitrogen and oxygen atoms in total. The molecular weight excluding hydrogens is 318 g/mol. The molecule has 1 aromatic carbocycles. The first-order chi connectivity index (χ1) is 12.1. The second kappa shape index (κ2) is 7.61. The van der Waals surface area contributed by atoms with Crippen molar-refractivity contribution in [2.75, 3.05) is 32.6 Å². The molecule has 0 unspecified atom stereocenters. The average molecular weight is 343 g/mol. The molecule has 1 N–H and O–H groups in total. The van der Waals surface area contributed by atoms with Crippen LogP contribution in [0.3, 0.4) is 0 Å². The lowest BCUT2D eigenvalue weighted by atomic mass is 10.1. The van der Waals surface area contributed by atoms with Crippen molar-refractivity contribution in [3.05, 3.63) is 42.2 Å². The van der Waals surface area contributed by atoms with Crippen LogP contribution in [0, 0.1) is 0 Å². The molecule has 0 bridgehead atoms. The summed E-state index contributed by atoms with van der Waals surface area (Å²) in [6, 6.07) is 9.85. The molecule has 2 aromatic rings. The number of aryl methyl sites for hydroxylation is 1. The summed E-state index contributed by atoms with van der Waals surface area (Å²) in [5, 5.41) is 2.95. The zero-order valence-corrected chi connectivity index (χ0v) is 15.0. The van der Waals surface area contributed by atoms with E-state index < -0.39 is 0 Å². The SMILES string of the molecule is COc1ccc(NC(=O)CN2CCC[C@H]2c2cccn2C)c(OC)c1. The Morgan fingerprint density at radius 3 is 2.80 bits per heavy atom. The number of hydrogen-bond acceptors (Lipinski definition) is 4. The highest BCUT2D eigenvalue weighted by atomic mass is 16.5. The first-order valence-corrected chi connectivity index (χ1v) is 8.49. The first kappa shape index (κ1) is 17.4. The largest absolute Gasteiger partial charge is 0.497 e. The summed E-state index contributed by atoms with van der Waals surface area (Å²) in [5.41, 5.74) is 1.91. The van der Waals surface area contributed by atoms with Crippen molar-refractivity contribution in [2.24, 2.45) is 7.05 Å². The zero-order chi connectivity index (χ0) is 17.8. The maximum Gasteiger partial charge on any atom is 0.238 e. The van der Waals surface area contributed by atoms with Gasteiger partial charge in [-0.2, -0.15) is 0 Å². The Bertz CT molecular complexity index is 741. The summed E-state index contributed by atoms with van der Waals surface area (Å²) < 4.78 is 12.7. The number of nitrogens with one attached hydrogen (secondary N) is 1. The third kappa shape index (κ3) is 3.79. The number of methoxy groups -OCH3 is 2. The molecule has 1 fully saturated rings. The fourth-order valence-corrected chi connectivity index (χ4v) is 3.45. The van der Waals surface area contributed by atoms with Crippen LogP contribution in [-0.4, -0.2) is 42.7 Å². The van der Waals surface area contributed by atoms with Crippen LogP contribution < -0.4 is 14.8 Å².